The number of rotatable bonds is 11. The smallest absolute Gasteiger partial charge is 0.320 e. The Bertz CT molecular complexity index is 796. The Morgan fingerprint density at radius 1 is 1.26 bits per heavy atom. The van der Waals surface area contributed by atoms with Crippen LogP contribution in [0.15, 0.2) is 12.3 Å². The van der Waals surface area contributed by atoms with Crippen molar-refractivity contribution in [3.63, 3.8) is 0 Å². The number of carboxylic acid groups (broad SMARTS) is 1. The predicted octanol–water partition coefficient (Wildman–Crippen LogP) is 3.38. The Morgan fingerprint density at radius 2 is 2.03 bits per heavy atom. The van der Waals surface area contributed by atoms with E-state index in [0.29, 0.717) is 29.7 Å². The fourth-order valence-corrected chi connectivity index (χ4v) is 6.03. The minimum atomic E-state index is -0.628. The molecule has 1 aromatic rings. The molecular weight excluding hydrogens is 430 g/mol. The number of ether oxygens (including phenoxy) is 1. The fraction of sp³-hybridized carbons (Fsp3) is 0.808. The van der Waals surface area contributed by atoms with Crippen molar-refractivity contribution < 1.29 is 14.6 Å². The van der Waals surface area contributed by atoms with Crippen LogP contribution in [0.2, 0.25) is 0 Å². The van der Waals surface area contributed by atoms with Crippen molar-refractivity contribution in [1.82, 2.24) is 19.8 Å². The van der Waals surface area contributed by atoms with Gasteiger partial charge in [0.15, 0.2) is 0 Å². The van der Waals surface area contributed by atoms with E-state index < -0.39 is 5.97 Å². The van der Waals surface area contributed by atoms with E-state index in [-0.39, 0.29) is 6.04 Å². The van der Waals surface area contributed by atoms with Crippen molar-refractivity contribution in [1.29, 1.82) is 0 Å². The Kier molecular flexibility index (Phi) is 8.64. The number of hydrogen-bond donors (Lipinski definition) is 1. The van der Waals surface area contributed by atoms with Gasteiger partial charge in [-0.1, -0.05) is 33.1 Å². The number of nitrogens with zero attached hydrogens (tertiary/aromatic N) is 5. The zero-order valence-corrected chi connectivity index (χ0v) is 21.2. The monoisotopic (exact) mass is 473 g/mol. The topological polar surface area (TPSA) is 82.0 Å². The van der Waals surface area contributed by atoms with Crippen molar-refractivity contribution >= 4 is 11.9 Å². The molecule has 2 aliphatic heterocycles. The largest absolute Gasteiger partial charge is 0.481 e. The van der Waals surface area contributed by atoms with E-state index in [2.05, 4.69) is 38.5 Å². The zero-order chi connectivity index (χ0) is 24.1. The molecule has 190 valence electrons. The van der Waals surface area contributed by atoms with E-state index in [4.69, 9.17) is 4.74 Å². The van der Waals surface area contributed by atoms with Crippen LogP contribution in [0.4, 0.5) is 5.95 Å². The van der Waals surface area contributed by atoms with Gasteiger partial charge < -0.3 is 19.6 Å². The quantitative estimate of drug-likeness (QED) is 0.524. The summed E-state index contributed by atoms with van der Waals surface area (Å²) in [5, 5.41) is 9.87. The predicted molar refractivity (Wildman–Crippen MR) is 133 cm³/mol. The molecule has 4 rings (SSSR count). The van der Waals surface area contributed by atoms with Gasteiger partial charge in [-0.25, -0.2) is 4.98 Å². The molecule has 34 heavy (non-hydrogen) atoms. The van der Waals surface area contributed by atoms with Crippen LogP contribution in [0.3, 0.4) is 0 Å². The Hall–Kier alpha value is -1.93. The number of piperidine rings is 1. The van der Waals surface area contributed by atoms with Crippen LogP contribution in [0.1, 0.15) is 58.8 Å². The Balaban J connectivity index is 1.30. The number of aromatic nitrogens is 2. The number of carboxylic acids is 1. The maximum absolute atomic E-state index is 12.0. The van der Waals surface area contributed by atoms with Gasteiger partial charge in [-0.15, -0.1) is 0 Å². The lowest BCUT2D eigenvalue weighted by Gasteiger charge is -2.39. The van der Waals surface area contributed by atoms with Crippen molar-refractivity contribution in [3.8, 4) is 5.88 Å². The highest BCUT2D eigenvalue weighted by molar-refractivity contribution is 5.73. The van der Waals surface area contributed by atoms with Crippen molar-refractivity contribution in [2.75, 3.05) is 51.3 Å². The first-order valence-corrected chi connectivity index (χ1v) is 13.3. The van der Waals surface area contributed by atoms with Crippen LogP contribution in [-0.4, -0.2) is 89.3 Å². The van der Waals surface area contributed by atoms with Gasteiger partial charge in [0.25, 0.3) is 0 Å². The molecule has 1 N–H and O–H groups in total. The molecule has 0 amide bonds. The lowest BCUT2D eigenvalue weighted by molar-refractivity contribution is -0.144. The lowest BCUT2D eigenvalue weighted by atomic mass is 9.80. The highest BCUT2D eigenvalue weighted by Gasteiger charge is 2.39. The van der Waals surface area contributed by atoms with Crippen LogP contribution in [-0.2, 0) is 4.79 Å². The third kappa shape index (κ3) is 6.00. The molecule has 3 unspecified atom stereocenters. The summed E-state index contributed by atoms with van der Waals surface area (Å²) in [6, 6.07) is 1.94. The summed E-state index contributed by atoms with van der Waals surface area (Å²) in [7, 11) is 1.64. The summed E-state index contributed by atoms with van der Waals surface area (Å²) in [5.74, 6) is 2.47. The molecule has 8 heteroatoms. The molecule has 8 nitrogen and oxygen atoms in total. The normalized spacial score (nSPS) is 25.7. The lowest BCUT2D eigenvalue weighted by Crippen LogP contribution is -2.47. The highest BCUT2D eigenvalue weighted by atomic mass is 16.5. The van der Waals surface area contributed by atoms with Crippen LogP contribution < -0.4 is 9.64 Å². The standard InChI is InChI=1S/C26H43N5O3/c1-4-12-31(26-27-11-8-24(28-26)34-3)22-9-13-29(14-10-22)17-21-18-30(16-19(21)2)23(25(32)33)15-20-6-5-7-20/h8,11,19-23H,4-7,9-10,12-18H2,1-3H3,(H,32,33). The zero-order valence-electron chi connectivity index (χ0n) is 21.2. The molecule has 0 bridgehead atoms. The first-order chi connectivity index (χ1) is 16.5. The second kappa shape index (κ2) is 11.7. The fourth-order valence-electron chi connectivity index (χ4n) is 6.03. The van der Waals surface area contributed by atoms with E-state index in [1.54, 1.807) is 19.4 Å². The first-order valence-electron chi connectivity index (χ1n) is 13.3. The molecule has 1 aromatic heterocycles. The summed E-state index contributed by atoms with van der Waals surface area (Å²) < 4.78 is 5.32. The van der Waals surface area contributed by atoms with E-state index in [1.807, 2.05) is 0 Å². The van der Waals surface area contributed by atoms with Crippen LogP contribution in [0, 0.1) is 17.8 Å². The summed E-state index contributed by atoms with van der Waals surface area (Å²) in [5.41, 5.74) is 0. The Labute approximate surface area is 204 Å². The van der Waals surface area contributed by atoms with Gasteiger partial charge in [-0.2, -0.15) is 4.98 Å². The second-order valence-electron chi connectivity index (χ2n) is 10.7. The molecule has 3 atom stereocenters. The molecule has 3 fully saturated rings. The van der Waals surface area contributed by atoms with Crippen LogP contribution in [0.25, 0.3) is 0 Å². The third-order valence-corrected chi connectivity index (χ3v) is 8.34. The molecule has 0 spiro atoms. The molecule has 2 saturated heterocycles. The SMILES string of the molecule is CCCN(c1nccc(OC)n1)C1CCN(CC2CN(C(CC3CCC3)C(=O)O)CC2C)CC1. The Morgan fingerprint density at radius 3 is 2.65 bits per heavy atom. The average Bonchev–Trinajstić information content (AvgIpc) is 3.16. The van der Waals surface area contributed by atoms with Crippen LogP contribution >= 0.6 is 0 Å². The van der Waals surface area contributed by atoms with Gasteiger partial charge in [-0.3, -0.25) is 9.69 Å². The van der Waals surface area contributed by atoms with E-state index in [0.717, 1.165) is 70.9 Å². The molecule has 3 aliphatic rings. The molecule has 1 aliphatic carbocycles. The number of anilines is 1. The van der Waals surface area contributed by atoms with Gasteiger partial charge >= 0.3 is 5.97 Å². The maximum atomic E-state index is 12.0. The van der Waals surface area contributed by atoms with Gasteiger partial charge in [0.1, 0.15) is 6.04 Å². The van der Waals surface area contributed by atoms with Crippen molar-refractivity contribution in [2.24, 2.45) is 17.8 Å². The van der Waals surface area contributed by atoms with E-state index >= 15 is 0 Å². The summed E-state index contributed by atoms with van der Waals surface area (Å²) in [6.45, 7) is 10.5. The van der Waals surface area contributed by atoms with Crippen molar-refractivity contribution in [2.45, 2.75) is 70.9 Å². The summed E-state index contributed by atoms with van der Waals surface area (Å²) in [4.78, 5) is 28.3. The average molecular weight is 474 g/mol. The minimum Gasteiger partial charge on any atom is -0.481 e. The van der Waals surface area contributed by atoms with E-state index in [9.17, 15) is 9.90 Å². The molecule has 3 heterocycles. The molecule has 0 aromatic carbocycles. The summed E-state index contributed by atoms with van der Waals surface area (Å²) in [6.07, 6.45) is 9.56. The number of methoxy groups -OCH3 is 1. The second-order valence-corrected chi connectivity index (χ2v) is 10.7. The summed E-state index contributed by atoms with van der Waals surface area (Å²) >= 11 is 0. The molecule has 0 radical (unpaired) electrons. The molecule has 1 saturated carbocycles. The molecular formula is C26H43N5O3. The number of likely N-dealkylation sites (tertiary alicyclic amines) is 2. The van der Waals surface area contributed by atoms with Crippen molar-refractivity contribution in [3.05, 3.63) is 12.3 Å². The first kappa shape index (κ1) is 25.2. The number of hydrogen-bond acceptors (Lipinski definition) is 7. The van der Waals surface area contributed by atoms with Gasteiger partial charge in [0, 0.05) is 57.6 Å². The number of aliphatic carboxylic acids is 1. The van der Waals surface area contributed by atoms with Gasteiger partial charge in [-0.05, 0) is 43.4 Å². The van der Waals surface area contributed by atoms with Gasteiger partial charge in [0.05, 0.1) is 7.11 Å². The maximum Gasteiger partial charge on any atom is 0.320 e. The third-order valence-electron chi connectivity index (χ3n) is 8.34. The van der Waals surface area contributed by atoms with E-state index in [1.165, 1.54) is 19.3 Å². The highest BCUT2D eigenvalue weighted by Crippen LogP contribution is 2.34. The van der Waals surface area contributed by atoms with Gasteiger partial charge in [0.2, 0.25) is 11.8 Å². The van der Waals surface area contributed by atoms with Crippen LogP contribution in [0.5, 0.6) is 5.88 Å². The minimum absolute atomic E-state index is 0.297. The number of carbonyl (C=O) groups is 1.